The predicted molar refractivity (Wildman–Crippen MR) is 81.3 cm³/mol. The number of aromatic nitrogens is 1. The summed E-state index contributed by atoms with van der Waals surface area (Å²) in [6.07, 6.45) is 3.17. The minimum absolute atomic E-state index is 0.207. The molecule has 0 saturated carbocycles. The maximum Gasteiger partial charge on any atom is 0.243 e. The Morgan fingerprint density at radius 3 is 2.85 bits per heavy atom. The summed E-state index contributed by atoms with van der Waals surface area (Å²) in [5.41, 5.74) is 6.15. The minimum Gasteiger partial charge on any atom is -0.360 e. The zero-order valence-corrected chi connectivity index (χ0v) is 12.4. The van der Waals surface area contributed by atoms with Gasteiger partial charge in [-0.15, -0.1) is 6.58 Å². The molecule has 0 bridgehead atoms. The Bertz CT molecular complexity index is 724. The van der Waals surface area contributed by atoms with Gasteiger partial charge < -0.3 is 10.7 Å². The number of aromatic amines is 1. The number of H-pyrrole nitrogens is 1. The van der Waals surface area contributed by atoms with Gasteiger partial charge in [0.25, 0.3) is 0 Å². The molecule has 2 aromatic rings. The van der Waals surface area contributed by atoms with Crippen LogP contribution in [0.1, 0.15) is 0 Å². The van der Waals surface area contributed by atoms with Crippen molar-refractivity contribution in [1.82, 2.24) is 9.29 Å². The summed E-state index contributed by atoms with van der Waals surface area (Å²) in [5, 5.41) is 1.36. The molecule has 2 rings (SSSR count). The van der Waals surface area contributed by atoms with Crippen LogP contribution in [0.5, 0.6) is 0 Å². The molecule has 20 heavy (non-hydrogen) atoms. The molecule has 108 valence electrons. The van der Waals surface area contributed by atoms with E-state index in [1.807, 2.05) is 0 Å². The van der Waals surface area contributed by atoms with Crippen molar-refractivity contribution in [1.29, 1.82) is 0 Å². The van der Waals surface area contributed by atoms with Crippen molar-refractivity contribution in [2.75, 3.05) is 19.6 Å². The van der Waals surface area contributed by atoms with E-state index in [-0.39, 0.29) is 24.5 Å². The Balaban J connectivity index is 2.46. The monoisotopic (exact) mass is 313 g/mol. The molecule has 0 radical (unpaired) electrons. The number of sulfonamides is 1. The summed E-state index contributed by atoms with van der Waals surface area (Å²) in [6.45, 7) is 4.30. The largest absolute Gasteiger partial charge is 0.360 e. The van der Waals surface area contributed by atoms with E-state index in [1.54, 1.807) is 24.4 Å². The maximum atomic E-state index is 12.5. The number of fused-ring (bicyclic) bond motifs is 1. The van der Waals surface area contributed by atoms with E-state index < -0.39 is 10.0 Å². The second-order valence-electron chi connectivity index (χ2n) is 4.28. The van der Waals surface area contributed by atoms with E-state index in [0.29, 0.717) is 10.5 Å². The van der Waals surface area contributed by atoms with Crippen LogP contribution in [0.3, 0.4) is 0 Å². The molecule has 0 aliphatic carbocycles. The van der Waals surface area contributed by atoms with Crippen LogP contribution >= 0.6 is 11.6 Å². The number of hydrogen-bond acceptors (Lipinski definition) is 3. The standard InChI is InChI=1S/C13H16ClN3O2S/c1-2-6-17(7-5-15)20(18,19)10-3-4-11-12(14)9-16-13(11)8-10/h2-4,8-9,16H,1,5-7,15H2. The smallest absolute Gasteiger partial charge is 0.243 e. The number of rotatable bonds is 6. The van der Waals surface area contributed by atoms with Crippen LogP contribution < -0.4 is 5.73 Å². The molecule has 0 amide bonds. The van der Waals surface area contributed by atoms with Gasteiger partial charge in [0, 0.05) is 36.7 Å². The highest BCUT2D eigenvalue weighted by Crippen LogP contribution is 2.26. The fourth-order valence-electron chi connectivity index (χ4n) is 1.98. The first-order valence-corrected chi connectivity index (χ1v) is 7.90. The molecule has 0 aliphatic rings. The Hall–Kier alpha value is -1.34. The number of hydrogen-bond donors (Lipinski definition) is 2. The van der Waals surface area contributed by atoms with E-state index in [2.05, 4.69) is 11.6 Å². The summed E-state index contributed by atoms with van der Waals surface area (Å²) in [7, 11) is -3.59. The van der Waals surface area contributed by atoms with Crippen LogP contribution in [0.2, 0.25) is 5.02 Å². The molecule has 7 heteroatoms. The first-order valence-electron chi connectivity index (χ1n) is 6.08. The molecule has 0 unspecified atom stereocenters. The van der Waals surface area contributed by atoms with Crippen LogP contribution in [-0.2, 0) is 10.0 Å². The molecule has 5 nitrogen and oxygen atoms in total. The Morgan fingerprint density at radius 2 is 2.20 bits per heavy atom. The molecular formula is C13H16ClN3O2S. The van der Waals surface area contributed by atoms with Crippen molar-refractivity contribution in [3.63, 3.8) is 0 Å². The van der Waals surface area contributed by atoms with E-state index in [1.165, 1.54) is 10.4 Å². The molecule has 0 spiro atoms. The number of nitrogens with two attached hydrogens (primary N) is 1. The lowest BCUT2D eigenvalue weighted by molar-refractivity contribution is 0.450. The van der Waals surface area contributed by atoms with Gasteiger partial charge in [0.05, 0.1) is 9.92 Å². The van der Waals surface area contributed by atoms with Crippen LogP contribution in [-0.4, -0.2) is 37.3 Å². The fourth-order valence-corrected chi connectivity index (χ4v) is 3.65. The average molecular weight is 314 g/mol. The van der Waals surface area contributed by atoms with Gasteiger partial charge >= 0.3 is 0 Å². The average Bonchev–Trinajstić information content (AvgIpc) is 2.80. The van der Waals surface area contributed by atoms with Gasteiger partial charge in [0.1, 0.15) is 0 Å². The molecular weight excluding hydrogens is 298 g/mol. The van der Waals surface area contributed by atoms with Crippen molar-refractivity contribution in [3.8, 4) is 0 Å². The van der Waals surface area contributed by atoms with Crippen molar-refractivity contribution in [2.45, 2.75) is 4.90 Å². The minimum atomic E-state index is -3.59. The zero-order valence-electron chi connectivity index (χ0n) is 10.8. The van der Waals surface area contributed by atoms with Gasteiger partial charge in [-0.3, -0.25) is 0 Å². The normalized spacial score (nSPS) is 12.2. The third-order valence-electron chi connectivity index (χ3n) is 2.95. The molecule has 1 heterocycles. The van der Waals surface area contributed by atoms with E-state index >= 15 is 0 Å². The Kier molecular flexibility index (Phi) is 4.49. The summed E-state index contributed by atoms with van der Waals surface area (Å²) < 4.78 is 26.4. The first-order chi connectivity index (χ1) is 9.50. The molecule has 0 aliphatic heterocycles. The summed E-state index contributed by atoms with van der Waals surface area (Å²) in [4.78, 5) is 3.15. The van der Waals surface area contributed by atoms with Gasteiger partial charge in [-0.25, -0.2) is 8.42 Å². The second-order valence-corrected chi connectivity index (χ2v) is 6.63. The van der Waals surface area contributed by atoms with Gasteiger partial charge in [-0.2, -0.15) is 4.31 Å². The first kappa shape index (κ1) is 15.1. The highest BCUT2D eigenvalue weighted by Gasteiger charge is 2.23. The molecule has 1 aromatic heterocycles. The Morgan fingerprint density at radius 1 is 1.45 bits per heavy atom. The van der Waals surface area contributed by atoms with Gasteiger partial charge in [-0.1, -0.05) is 17.7 Å². The van der Waals surface area contributed by atoms with Crippen molar-refractivity contribution in [2.24, 2.45) is 5.73 Å². The van der Waals surface area contributed by atoms with E-state index in [0.717, 1.165) is 5.39 Å². The second kappa shape index (κ2) is 5.97. The summed E-state index contributed by atoms with van der Waals surface area (Å²) >= 11 is 5.98. The van der Waals surface area contributed by atoms with Crippen LogP contribution in [0.15, 0.2) is 41.9 Å². The highest BCUT2D eigenvalue weighted by atomic mass is 35.5. The summed E-state index contributed by atoms with van der Waals surface area (Å²) in [6, 6.07) is 4.81. The zero-order chi connectivity index (χ0) is 14.8. The number of nitrogens with one attached hydrogen (secondary N) is 1. The van der Waals surface area contributed by atoms with Crippen molar-refractivity contribution in [3.05, 3.63) is 42.1 Å². The topological polar surface area (TPSA) is 79.2 Å². The predicted octanol–water partition coefficient (Wildman–Crippen LogP) is 1.96. The molecule has 1 aromatic carbocycles. The third kappa shape index (κ3) is 2.73. The van der Waals surface area contributed by atoms with Gasteiger partial charge in [0.15, 0.2) is 0 Å². The van der Waals surface area contributed by atoms with E-state index in [9.17, 15) is 8.42 Å². The lowest BCUT2D eigenvalue weighted by atomic mass is 10.2. The van der Waals surface area contributed by atoms with Crippen molar-refractivity contribution < 1.29 is 8.42 Å². The fraction of sp³-hybridized carbons (Fsp3) is 0.231. The van der Waals surface area contributed by atoms with Crippen molar-refractivity contribution >= 4 is 32.5 Å². The van der Waals surface area contributed by atoms with Crippen LogP contribution in [0.4, 0.5) is 0 Å². The maximum absolute atomic E-state index is 12.5. The van der Waals surface area contributed by atoms with Gasteiger partial charge in [0.2, 0.25) is 10.0 Å². The van der Waals surface area contributed by atoms with Gasteiger partial charge in [-0.05, 0) is 18.2 Å². The molecule has 0 atom stereocenters. The highest BCUT2D eigenvalue weighted by molar-refractivity contribution is 7.89. The van der Waals surface area contributed by atoms with Crippen LogP contribution in [0.25, 0.3) is 10.9 Å². The number of halogens is 1. The quantitative estimate of drug-likeness (QED) is 0.800. The van der Waals surface area contributed by atoms with Crippen LogP contribution in [0, 0.1) is 0 Å². The SMILES string of the molecule is C=CCN(CCN)S(=O)(=O)c1ccc2c(Cl)c[nH]c2c1. The molecule has 0 saturated heterocycles. The lowest BCUT2D eigenvalue weighted by Gasteiger charge is -2.19. The van der Waals surface area contributed by atoms with E-state index in [4.69, 9.17) is 17.3 Å². The molecule has 0 fully saturated rings. The number of nitrogens with zero attached hydrogens (tertiary/aromatic N) is 1. The summed E-state index contributed by atoms with van der Waals surface area (Å²) in [5.74, 6) is 0. The Labute approximate surface area is 123 Å². The number of benzene rings is 1. The lowest BCUT2D eigenvalue weighted by Crippen LogP contribution is -2.35. The third-order valence-corrected chi connectivity index (χ3v) is 5.13. The molecule has 3 N–H and O–H groups in total.